The van der Waals surface area contributed by atoms with Crippen LogP contribution in [0.2, 0.25) is 0 Å². The number of fused-ring (bicyclic) bond motifs is 1. The van der Waals surface area contributed by atoms with Crippen LogP contribution < -0.4 is 14.8 Å². The van der Waals surface area contributed by atoms with E-state index in [-0.39, 0.29) is 11.8 Å². The van der Waals surface area contributed by atoms with Crippen LogP contribution in [0.25, 0.3) is 0 Å². The van der Waals surface area contributed by atoms with Crippen molar-refractivity contribution in [2.75, 3.05) is 19.5 Å². The molecule has 0 saturated heterocycles. The average Bonchev–Trinajstić information content (AvgIpc) is 2.93. The van der Waals surface area contributed by atoms with Gasteiger partial charge in [-0.3, -0.25) is 4.99 Å². The molecule has 142 valence electrons. The fourth-order valence-corrected chi connectivity index (χ4v) is 3.58. The number of benzene rings is 3. The molecule has 0 bridgehead atoms. The Morgan fingerprint density at radius 3 is 2.50 bits per heavy atom. The van der Waals surface area contributed by atoms with E-state index in [0.717, 1.165) is 28.2 Å². The van der Waals surface area contributed by atoms with Gasteiger partial charge in [0.15, 0.2) is 11.5 Å². The Labute approximate surface area is 164 Å². The predicted octanol–water partition coefficient (Wildman–Crippen LogP) is 5.09. The third-order valence-corrected chi connectivity index (χ3v) is 4.91. The number of aliphatic imine (C=N–C) groups is 1. The topological polar surface area (TPSA) is 63.1 Å². The van der Waals surface area contributed by atoms with Crippen LogP contribution in [0.5, 0.6) is 17.2 Å². The first-order valence-electron chi connectivity index (χ1n) is 9.13. The highest BCUT2D eigenvalue weighted by Crippen LogP contribution is 2.41. The Bertz CT molecular complexity index is 1030. The summed E-state index contributed by atoms with van der Waals surface area (Å²) in [6, 6.07) is 20.9. The monoisotopic (exact) mass is 374 g/mol. The lowest BCUT2D eigenvalue weighted by molar-refractivity contribution is 0.350. The van der Waals surface area contributed by atoms with Crippen LogP contribution in [0, 0.1) is 0 Å². The Morgan fingerprint density at radius 2 is 1.71 bits per heavy atom. The maximum absolute atomic E-state index is 10.4. The standard InChI is InChI=1S/C23H22N2O3/c1-27-22-13-7-9-16(23(22)28-2)20-14-19(15-8-3-6-12-21(15)26)24-17-10-4-5-11-18(17)25-20/h3-13,20,25-26H,14H2,1-2H3. The van der Waals surface area contributed by atoms with Gasteiger partial charge < -0.3 is 19.9 Å². The van der Waals surface area contributed by atoms with Gasteiger partial charge in [0.25, 0.3) is 0 Å². The molecule has 1 aliphatic rings. The second-order valence-electron chi connectivity index (χ2n) is 6.58. The molecule has 0 radical (unpaired) electrons. The van der Waals surface area contributed by atoms with Gasteiger partial charge in [0.1, 0.15) is 5.75 Å². The lowest BCUT2D eigenvalue weighted by Gasteiger charge is -2.22. The lowest BCUT2D eigenvalue weighted by Crippen LogP contribution is -2.15. The molecule has 1 heterocycles. The van der Waals surface area contributed by atoms with E-state index in [9.17, 15) is 5.11 Å². The molecule has 1 unspecified atom stereocenters. The van der Waals surface area contributed by atoms with Gasteiger partial charge in [0.05, 0.1) is 37.3 Å². The first kappa shape index (κ1) is 17.9. The van der Waals surface area contributed by atoms with Crippen LogP contribution >= 0.6 is 0 Å². The van der Waals surface area contributed by atoms with E-state index in [1.807, 2.05) is 60.7 Å². The Hall–Kier alpha value is -3.47. The van der Waals surface area contributed by atoms with Gasteiger partial charge in [-0.25, -0.2) is 0 Å². The summed E-state index contributed by atoms with van der Waals surface area (Å²) in [4.78, 5) is 4.87. The van der Waals surface area contributed by atoms with E-state index in [1.165, 1.54) is 0 Å². The van der Waals surface area contributed by atoms with E-state index in [4.69, 9.17) is 14.5 Å². The second-order valence-corrected chi connectivity index (χ2v) is 6.58. The molecule has 3 aromatic carbocycles. The summed E-state index contributed by atoms with van der Waals surface area (Å²) in [6.45, 7) is 0. The van der Waals surface area contributed by atoms with Crippen LogP contribution in [-0.4, -0.2) is 25.0 Å². The molecular weight excluding hydrogens is 352 g/mol. The zero-order valence-electron chi connectivity index (χ0n) is 15.8. The molecule has 2 N–H and O–H groups in total. The fourth-order valence-electron chi connectivity index (χ4n) is 3.58. The highest BCUT2D eigenvalue weighted by Gasteiger charge is 2.25. The first-order chi connectivity index (χ1) is 13.7. The molecule has 1 atom stereocenters. The van der Waals surface area contributed by atoms with E-state index in [0.29, 0.717) is 17.9 Å². The number of hydrogen-bond acceptors (Lipinski definition) is 5. The summed E-state index contributed by atoms with van der Waals surface area (Å²) < 4.78 is 11.1. The van der Waals surface area contributed by atoms with Crippen LogP contribution in [0.15, 0.2) is 71.7 Å². The van der Waals surface area contributed by atoms with Gasteiger partial charge in [0, 0.05) is 17.5 Å². The smallest absolute Gasteiger partial charge is 0.165 e. The highest BCUT2D eigenvalue weighted by atomic mass is 16.5. The Balaban J connectivity index is 1.86. The van der Waals surface area contributed by atoms with E-state index < -0.39 is 0 Å². The Morgan fingerprint density at radius 1 is 0.929 bits per heavy atom. The SMILES string of the molecule is COc1cccc(C2CC(c3ccccc3O)=Nc3ccccc3N2)c1OC. The number of nitrogens with zero attached hydrogens (tertiary/aromatic N) is 1. The molecule has 5 nitrogen and oxygen atoms in total. The van der Waals surface area contributed by atoms with E-state index in [1.54, 1.807) is 20.3 Å². The van der Waals surface area contributed by atoms with Gasteiger partial charge >= 0.3 is 0 Å². The fraction of sp³-hybridized carbons (Fsp3) is 0.174. The molecule has 1 aliphatic heterocycles. The molecule has 0 aromatic heterocycles. The molecule has 0 aliphatic carbocycles. The number of aromatic hydroxyl groups is 1. The third kappa shape index (κ3) is 3.27. The maximum atomic E-state index is 10.4. The van der Waals surface area contributed by atoms with Crippen LogP contribution in [-0.2, 0) is 0 Å². The number of phenols is 1. The second kappa shape index (κ2) is 7.64. The van der Waals surface area contributed by atoms with Gasteiger partial charge in [0.2, 0.25) is 0 Å². The van der Waals surface area contributed by atoms with Crippen molar-refractivity contribution in [3.8, 4) is 17.2 Å². The van der Waals surface area contributed by atoms with Gasteiger partial charge in [-0.15, -0.1) is 0 Å². The number of rotatable bonds is 4. The molecule has 0 saturated carbocycles. The number of para-hydroxylation sites is 4. The minimum atomic E-state index is -0.105. The Kier molecular flexibility index (Phi) is 4.89. The van der Waals surface area contributed by atoms with Crippen LogP contribution in [0.1, 0.15) is 23.6 Å². The van der Waals surface area contributed by atoms with Crippen molar-refractivity contribution < 1.29 is 14.6 Å². The lowest BCUT2D eigenvalue weighted by atomic mass is 9.96. The molecule has 4 rings (SSSR count). The summed E-state index contributed by atoms with van der Waals surface area (Å²) >= 11 is 0. The zero-order valence-corrected chi connectivity index (χ0v) is 15.8. The van der Waals surface area contributed by atoms with Gasteiger partial charge in [-0.1, -0.05) is 36.4 Å². The maximum Gasteiger partial charge on any atom is 0.165 e. The largest absolute Gasteiger partial charge is 0.507 e. The number of anilines is 1. The van der Waals surface area contributed by atoms with Crippen molar-refractivity contribution in [3.63, 3.8) is 0 Å². The zero-order chi connectivity index (χ0) is 19.5. The highest BCUT2D eigenvalue weighted by molar-refractivity contribution is 6.06. The minimum absolute atomic E-state index is 0.105. The molecular formula is C23H22N2O3. The molecule has 0 amide bonds. The average molecular weight is 374 g/mol. The normalized spacial score (nSPS) is 15.6. The number of methoxy groups -OCH3 is 2. The molecule has 0 spiro atoms. The van der Waals surface area contributed by atoms with Gasteiger partial charge in [-0.2, -0.15) is 0 Å². The summed E-state index contributed by atoms with van der Waals surface area (Å²) in [5, 5.41) is 14.0. The molecule has 5 heteroatoms. The quantitative estimate of drug-likeness (QED) is 0.668. The summed E-state index contributed by atoms with van der Waals surface area (Å²) in [5.41, 5.74) is 4.29. The van der Waals surface area contributed by atoms with E-state index in [2.05, 4.69) is 5.32 Å². The van der Waals surface area contributed by atoms with Crippen molar-refractivity contribution in [2.45, 2.75) is 12.5 Å². The number of phenolic OH excluding ortho intramolecular Hbond substituents is 1. The number of ether oxygens (including phenoxy) is 2. The van der Waals surface area contributed by atoms with Crippen molar-refractivity contribution in [1.29, 1.82) is 0 Å². The summed E-state index contributed by atoms with van der Waals surface area (Å²) in [5.74, 6) is 1.59. The minimum Gasteiger partial charge on any atom is -0.507 e. The summed E-state index contributed by atoms with van der Waals surface area (Å²) in [6.07, 6.45) is 0.579. The van der Waals surface area contributed by atoms with Gasteiger partial charge in [-0.05, 0) is 30.3 Å². The van der Waals surface area contributed by atoms with E-state index >= 15 is 0 Å². The van der Waals surface area contributed by atoms with Crippen molar-refractivity contribution >= 4 is 17.1 Å². The van der Waals surface area contributed by atoms with Crippen LogP contribution in [0.3, 0.4) is 0 Å². The van der Waals surface area contributed by atoms with Crippen LogP contribution in [0.4, 0.5) is 11.4 Å². The predicted molar refractivity (Wildman–Crippen MR) is 111 cm³/mol. The third-order valence-electron chi connectivity index (χ3n) is 4.91. The molecule has 3 aromatic rings. The number of nitrogens with one attached hydrogen (secondary N) is 1. The number of hydrogen-bond donors (Lipinski definition) is 2. The van der Waals surface area contributed by atoms with Crippen molar-refractivity contribution in [2.24, 2.45) is 4.99 Å². The van der Waals surface area contributed by atoms with Crippen molar-refractivity contribution in [1.82, 2.24) is 0 Å². The molecule has 28 heavy (non-hydrogen) atoms. The molecule has 0 fully saturated rings. The first-order valence-corrected chi connectivity index (χ1v) is 9.13. The summed E-state index contributed by atoms with van der Waals surface area (Å²) in [7, 11) is 3.27. The van der Waals surface area contributed by atoms with Crippen molar-refractivity contribution in [3.05, 3.63) is 77.9 Å².